The summed E-state index contributed by atoms with van der Waals surface area (Å²) >= 11 is 0. The molecule has 1 saturated carbocycles. The van der Waals surface area contributed by atoms with Gasteiger partial charge in [0.15, 0.2) is 5.78 Å². The van der Waals surface area contributed by atoms with Crippen LogP contribution in [0.25, 0.3) is 0 Å². The number of nitrogens with one attached hydrogen (secondary N) is 2. The standard InChI is InChI=1S/C28H35N5O4/c1-37-11-10-25(34)19-5-9-26(31-16-19)33-21-6-7-22(33)14-20(13-21)32-28(36)18-4-8-23(27(29)35)24(12-18)30-15-17-2-3-17/h4-5,8-9,12,16-17,20-22,30H,2-3,6-7,10-11,13-15H2,1H3,(H2,29,35)(H,32,36)/t20?,21-,22+. The van der Waals surface area contributed by atoms with E-state index < -0.39 is 5.91 Å². The third-order valence-corrected chi connectivity index (χ3v) is 7.76. The van der Waals surface area contributed by atoms with Crippen LogP contribution in [0.5, 0.6) is 0 Å². The molecule has 1 aromatic heterocycles. The number of fused-ring (bicyclic) bond motifs is 2. The monoisotopic (exact) mass is 505 g/mol. The average Bonchev–Trinajstić information content (AvgIpc) is 3.69. The van der Waals surface area contributed by atoms with Crippen LogP contribution < -0.4 is 21.3 Å². The number of Topliss-reactive ketones (excluding diaryl/α,β-unsaturated/α-hetero) is 1. The topological polar surface area (TPSA) is 127 Å². The first kappa shape index (κ1) is 25.2. The van der Waals surface area contributed by atoms with Crippen molar-refractivity contribution in [2.45, 2.75) is 63.1 Å². The van der Waals surface area contributed by atoms with Crippen LogP contribution in [0.2, 0.25) is 0 Å². The maximum Gasteiger partial charge on any atom is 0.251 e. The maximum absolute atomic E-state index is 13.1. The van der Waals surface area contributed by atoms with Crippen LogP contribution in [-0.2, 0) is 4.74 Å². The summed E-state index contributed by atoms with van der Waals surface area (Å²) in [6.45, 7) is 1.18. The second kappa shape index (κ2) is 10.9. The molecular weight excluding hydrogens is 470 g/mol. The number of ketones is 1. The number of benzene rings is 1. The van der Waals surface area contributed by atoms with Gasteiger partial charge in [0.25, 0.3) is 11.8 Å². The molecule has 0 spiro atoms. The van der Waals surface area contributed by atoms with E-state index in [1.807, 2.05) is 12.1 Å². The summed E-state index contributed by atoms with van der Waals surface area (Å²) in [6.07, 6.45) is 8.15. The van der Waals surface area contributed by atoms with Gasteiger partial charge in [-0.25, -0.2) is 4.98 Å². The van der Waals surface area contributed by atoms with Crippen LogP contribution in [0.3, 0.4) is 0 Å². The number of nitrogens with zero attached hydrogens (tertiary/aromatic N) is 2. The third-order valence-electron chi connectivity index (χ3n) is 7.76. The van der Waals surface area contributed by atoms with Gasteiger partial charge in [0, 0.05) is 61.2 Å². The zero-order chi connectivity index (χ0) is 25.9. The molecular formula is C28H35N5O4. The fourth-order valence-corrected chi connectivity index (χ4v) is 5.60. The number of hydrogen-bond acceptors (Lipinski definition) is 7. The molecule has 1 unspecified atom stereocenters. The number of methoxy groups -OCH3 is 1. The molecule has 2 aromatic rings. The summed E-state index contributed by atoms with van der Waals surface area (Å²) < 4.78 is 5.00. The lowest BCUT2D eigenvalue weighted by Gasteiger charge is -2.40. The number of pyridine rings is 1. The Labute approximate surface area is 217 Å². The number of ether oxygens (including phenoxy) is 1. The fourth-order valence-electron chi connectivity index (χ4n) is 5.60. The van der Waals surface area contributed by atoms with E-state index in [4.69, 9.17) is 10.5 Å². The number of primary amides is 1. The predicted octanol–water partition coefficient (Wildman–Crippen LogP) is 3.15. The quantitative estimate of drug-likeness (QED) is 0.401. The highest BCUT2D eigenvalue weighted by Gasteiger charge is 2.41. The number of aromatic nitrogens is 1. The molecule has 2 bridgehead atoms. The van der Waals surface area contributed by atoms with E-state index in [0.29, 0.717) is 53.4 Å². The first-order valence-corrected chi connectivity index (χ1v) is 13.2. The van der Waals surface area contributed by atoms with Crippen molar-refractivity contribution in [2.24, 2.45) is 11.7 Å². The zero-order valence-corrected chi connectivity index (χ0v) is 21.2. The minimum absolute atomic E-state index is 0.0278. The summed E-state index contributed by atoms with van der Waals surface area (Å²) in [5, 5.41) is 6.52. The molecule has 9 heteroatoms. The average molecular weight is 506 g/mol. The molecule has 196 valence electrons. The van der Waals surface area contributed by atoms with Gasteiger partial charge in [-0.2, -0.15) is 0 Å². The van der Waals surface area contributed by atoms with Crippen molar-refractivity contribution in [3.63, 3.8) is 0 Å². The van der Waals surface area contributed by atoms with Crippen molar-refractivity contribution in [3.05, 3.63) is 53.2 Å². The summed E-state index contributed by atoms with van der Waals surface area (Å²) in [5.41, 5.74) is 7.69. The Hall–Kier alpha value is -3.46. The molecule has 3 aliphatic rings. The van der Waals surface area contributed by atoms with Crippen LogP contribution >= 0.6 is 0 Å². The number of anilines is 2. The number of rotatable bonds is 11. The molecule has 2 saturated heterocycles. The predicted molar refractivity (Wildman–Crippen MR) is 141 cm³/mol. The SMILES string of the molecule is COCCC(=O)c1ccc(N2[C@@H]3CC[C@H]2CC(NC(=O)c2ccc(C(N)=O)c(NCC4CC4)c2)C3)nc1. The van der Waals surface area contributed by atoms with Crippen LogP contribution in [0.1, 0.15) is 76.0 Å². The molecule has 5 rings (SSSR count). The number of amides is 2. The molecule has 0 radical (unpaired) electrons. The normalized spacial score (nSPS) is 22.5. The van der Waals surface area contributed by atoms with Gasteiger partial charge >= 0.3 is 0 Å². The van der Waals surface area contributed by atoms with Crippen molar-refractivity contribution >= 4 is 29.1 Å². The molecule has 1 aromatic carbocycles. The Bertz CT molecular complexity index is 1150. The molecule has 2 aliphatic heterocycles. The van der Waals surface area contributed by atoms with E-state index >= 15 is 0 Å². The van der Waals surface area contributed by atoms with Gasteiger partial charge in [0.2, 0.25) is 0 Å². The van der Waals surface area contributed by atoms with Gasteiger partial charge in [-0.15, -0.1) is 0 Å². The molecule has 9 nitrogen and oxygen atoms in total. The van der Waals surface area contributed by atoms with E-state index in [-0.39, 0.29) is 17.7 Å². The van der Waals surface area contributed by atoms with Crippen molar-refractivity contribution < 1.29 is 19.1 Å². The Balaban J connectivity index is 1.21. The highest BCUT2D eigenvalue weighted by atomic mass is 16.5. The van der Waals surface area contributed by atoms with Crippen LogP contribution in [-0.4, -0.2) is 61.0 Å². The van der Waals surface area contributed by atoms with E-state index in [1.54, 1.807) is 31.5 Å². The van der Waals surface area contributed by atoms with Crippen LogP contribution in [0.15, 0.2) is 36.5 Å². The van der Waals surface area contributed by atoms with Gasteiger partial charge < -0.3 is 26.0 Å². The molecule has 3 heterocycles. The van der Waals surface area contributed by atoms with Crippen molar-refractivity contribution in [1.82, 2.24) is 10.3 Å². The van der Waals surface area contributed by atoms with Gasteiger partial charge in [-0.05, 0) is 74.8 Å². The van der Waals surface area contributed by atoms with E-state index in [0.717, 1.165) is 38.0 Å². The summed E-state index contributed by atoms with van der Waals surface area (Å²) in [5.74, 6) is 0.894. The zero-order valence-electron chi connectivity index (χ0n) is 21.2. The van der Waals surface area contributed by atoms with E-state index in [1.165, 1.54) is 12.8 Å². The molecule has 3 fully saturated rings. The third kappa shape index (κ3) is 5.77. The van der Waals surface area contributed by atoms with Crippen LogP contribution in [0, 0.1) is 5.92 Å². The first-order chi connectivity index (χ1) is 17.9. The van der Waals surface area contributed by atoms with Crippen molar-refractivity contribution in [3.8, 4) is 0 Å². The minimum Gasteiger partial charge on any atom is -0.384 e. The lowest BCUT2D eigenvalue weighted by molar-refractivity contribution is 0.0920. The van der Waals surface area contributed by atoms with E-state index in [2.05, 4.69) is 20.5 Å². The molecule has 2 amide bonds. The smallest absolute Gasteiger partial charge is 0.251 e. The summed E-state index contributed by atoms with van der Waals surface area (Å²) in [7, 11) is 1.58. The highest BCUT2D eigenvalue weighted by molar-refractivity contribution is 6.02. The molecule has 1 aliphatic carbocycles. The number of carbonyl (C=O) groups excluding carboxylic acids is 3. The minimum atomic E-state index is -0.504. The number of carbonyl (C=O) groups is 3. The summed E-state index contributed by atoms with van der Waals surface area (Å²) in [4.78, 5) is 44.2. The molecule has 4 N–H and O–H groups in total. The number of piperidine rings is 1. The van der Waals surface area contributed by atoms with Crippen molar-refractivity contribution in [2.75, 3.05) is 30.5 Å². The van der Waals surface area contributed by atoms with Gasteiger partial charge in [0.1, 0.15) is 5.82 Å². The molecule has 3 atom stereocenters. The lowest BCUT2D eigenvalue weighted by atomic mass is 9.96. The van der Waals surface area contributed by atoms with Gasteiger partial charge in [-0.3, -0.25) is 14.4 Å². The van der Waals surface area contributed by atoms with Crippen molar-refractivity contribution in [1.29, 1.82) is 0 Å². The summed E-state index contributed by atoms with van der Waals surface area (Å²) in [6, 6.07) is 9.46. The lowest BCUT2D eigenvalue weighted by Crippen LogP contribution is -2.50. The first-order valence-electron chi connectivity index (χ1n) is 13.2. The largest absolute Gasteiger partial charge is 0.384 e. The van der Waals surface area contributed by atoms with Gasteiger partial charge in [-0.1, -0.05) is 0 Å². The number of nitrogens with two attached hydrogens (primary N) is 1. The highest BCUT2D eigenvalue weighted by Crippen LogP contribution is 2.38. The Morgan fingerprint density at radius 3 is 2.41 bits per heavy atom. The Kier molecular flexibility index (Phi) is 7.41. The maximum atomic E-state index is 13.1. The Morgan fingerprint density at radius 1 is 1.05 bits per heavy atom. The number of hydrogen-bond donors (Lipinski definition) is 3. The van der Waals surface area contributed by atoms with E-state index in [9.17, 15) is 14.4 Å². The van der Waals surface area contributed by atoms with Crippen LogP contribution in [0.4, 0.5) is 11.5 Å². The second-order valence-corrected chi connectivity index (χ2v) is 10.5. The fraction of sp³-hybridized carbons (Fsp3) is 0.500. The Morgan fingerprint density at radius 2 is 1.78 bits per heavy atom. The second-order valence-electron chi connectivity index (χ2n) is 10.5. The van der Waals surface area contributed by atoms with Gasteiger partial charge in [0.05, 0.1) is 12.2 Å². The molecule has 37 heavy (non-hydrogen) atoms.